The molecule has 3 N–H and O–H groups in total. The van der Waals surface area contributed by atoms with E-state index in [0.29, 0.717) is 10.6 Å². The van der Waals surface area contributed by atoms with Crippen molar-refractivity contribution in [3.8, 4) is 16.9 Å². The first kappa shape index (κ1) is 16.8. The summed E-state index contributed by atoms with van der Waals surface area (Å²) in [6.45, 7) is 3.09. The molecule has 0 amide bonds. The van der Waals surface area contributed by atoms with Crippen LogP contribution in [-0.4, -0.2) is 23.7 Å². The molecular formula is C21H20N2O2S. The molecule has 0 fully saturated rings. The predicted octanol–water partition coefficient (Wildman–Crippen LogP) is 4.44. The van der Waals surface area contributed by atoms with Crippen LogP contribution in [0.2, 0.25) is 0 Å². The summed E-state index contributed by atoms with van der Waals surface area (Å²) < 4.78 is 0.684. The minimum absolute atomic E-state index is 0.0876. The van der Waals surface area contributed by atoms with Crippen molar-refractivity contribution in [2.45, 2.75) is 12.8 Å². The number of likely N-dealkylation sites (N-methyl/N-ethyl adjacent to an activating group) is 1. The molecule has 5 heteroatoms. The Hall–Kier alpha value is -2.63. The van der Waals surface area contributed by atoms with E-state index >= 15 is 0 Å². The highest BCUT2D eigenvalue weighted by Gasteiger charge is 2.15. The fourth-order valence-corrected chi connectivity index (χ4v) is 4.33. The van der Waals surface area contributed by atoms with E-state index in [9.17, 15) is 9.90 Å². The van der Waals surface area contributed by atoms with Crippen molar-refractivity contribution in [1.29, 1.82) is 0 Å². The molecule has 0 bridgehead atoms. The number of rotatable bonds is 4. The van der Waals surface area contributed by atoms with Crippen molar-refractivity contribution in [3.63, 3.8) is 0 Å². The zero-order valence-electron chi connectivity index (χ0n) is 14.7. The lowest BCUT2D eigenvalue weighted by atomic mass is 9.94. The Bertz CT molecular complexity index is 1140. The fraction of sp³-hybridized carbons (Fsp3) is 0.190. The van der Waals surface area contributed by atoms with Gasteiger partial charge in [0.1, 0.15) is 10.4 Å². The van der Waals surface area contributed by atoms with Gasteiger partial charge in [0.15, 0.2) is 0 Å². The number of benzene rings is 2. The minimum atomic E-state index is -0.0876. The molecule has 0 saturated carbocycles. The summed E-state index contributed by atoms with van der Waals surface area (Å²) in [5.41, 5.74) is 3.59. The van der Waals surface area contributed by atoms with E-state index in [1.54, 1.807) is 12.1 Å². The van der Waals surface area contributed by atoms with Crippen LogP contribution in [-0.2, 0) is 0 Å². The number of aromatic hydroxyl groups is 1. The van der Waals surface area contributed by atoms with E-state index < -0.39 is 0 Å². The van der Waals surface area contributed by atoms with Gasteiger partial charge in [-0.15, -0.1) is 11.3 Å². The summed E-state index contributed by atoms with van der Waals surface area (Å²) in [4.78, 5) is 15.2. The van der Waals surface area contributed by atoms with Gasteiger partial charge in [-0.25, -0.2) is 0 Å². The number of pyridine rings is 1. The molecule has 132 valence electrons. The number of hydrogen-bond acceptors (Lipinski definition) is 4. The molecule has 2 heterocycles. The summed E-state index contributed by atoms with van der Waals surface area (Å²) in [5, 5.41) is 17.5. The van der Waals surface area contributed by atoms with Gasteiger partial charge in [0, 0.05) is 28.4 Å². The lowest BCUT2D eigenvalue weighted by molar-refractivity contribution is 0.478. The Balaban J connectivity index is 1.95. The van der Waals surface area contributed by atoms with E-state index in [1.807, 2.05) is 30.6 Å². The van der Waals surface area contributed by atoms with Crippen LogP contribution in [0.25, 0.3) is 32.1 Å². The van der Waals surface area contributed by atoms with Gasteiger partial charge in [-0.05, 0) is 47.7 Å². The van der Waals surface area contributed by atoms with Crippen LogP contribution in [0.15, 0.2) is 52.6 Å². The molecule has 26 heavy (non-hydrogen) atoms. The average molecular weight is 364 g/mol. The maximum atomic E-state index is 12.3. The summed E-state index contributed by atoms with van der Waals surface area (Å²) in [7, 11) is 1.95. The number of aromatic nitrogens is 1. The highest BCUT2D eigenvalue weighted by Crippen LogP contribution is 2.39. The number of H-pyrrole nitrogens is 1. The van der Waals surface area contributed by atoms with Crippen LogP contribution >= 0.6 is 11.3 Å². The fourth-order valence-electron chi connectivity index (χ4n) is 3.53. The molecule has 0 saturated heterocycles. The van der Waals surface area contributed by atoms with Crippen LogP contribution < -0.4 is 10.9 Å². The van der Waals surface area contributed by atoms with Crippen LogP contribution in [0.3, 0.4) is 0 Å². The van der Waals surface area contributed by atoms with Crippen LogP contribution in [0.4, 0.5) is 0 Å². The molecule has 0 aliphatic carbocycles. The molecule has 1 atom stereocenters. The van der Waals surface area contributed by atoms with Gasteiger partial charge in [0.05, 0.1) is 0 Å². The monoisotopic (exact) mass is 364 g/mol. The van der Waals surface area contributed by atoms with Crippen molar-refractivity contribution < 1.29 is 5.11 Å². The zero-order valence-corrected chi connectivity index (χ0v) is 15.5. The highest BCUT2D eigenvalue weighted by atomic mass is 32.1. The van der Waals surface area contributed by atoms with E-state index in [2.05, 4.69) is 29.4 Å². The quantitative estimate of drug-likeness (QED) is 0.502. The molecule has 0 spiro atoms. The van der Waals surface area contributed by atoms with Crippen molar-refractivity contribution in [2.24, 2.45) is 0 Å². The molecule has 4 aromatic rings. The SMILES string of the molecule is CNC[C@@H](C)c1ccc(-c2c(O)ccc3[nH]c(=O)c4sccc4c23)cc1. The highest BCUT2D eigenvalue weighted by molar-refractivity contribution is 7.17. The van der Waals surface area contributed by atoms with Crippen LogP contribution in [0, 0.1) is 0 Å². The first-order chi connectivity index (χ1) is 12.6. The largest absolute Gasteiger partial charge is 0.507 e. The second kappa shape index (κ2) is 6.59. The molecule has 2 aromatic heterocycles. The molecule has 0 unspecified atom stereocenters. The van der Waals surface area contributed by atoms with Crippen LogP contribution in [0.5, 0.6) is 5.75 Å². The molecule has 0 aliphatic rings. The third-order valence-electron chi connectivity index (χ3n) is 4.85. The molecular weight excluding hydrogens is 344 g/mol. The van der Waals surface area contributed by atoms with Gasteiger partial charge >= 0.3 is 0 Å². The first-order valence-corrected chi connectivity index (χ1v) is 9.48. The maximum absolute atomic E-state index is 12.3. The number of fused-ring (bicyclic) bond motifs is 3. The molecule has 0 radical (unpaired) electrons. The van der Waals surface area contributed by atoms with Gasteiger partial charge in [0.25, 0.3) is 5.56 Å². The van der Waals surface area contributed by atoms with E-state index in [4.69, 9.17) is 0 Å². The van der Waals surface area contributed by atoms with E-state index in [0.717, 1.165) is 34.0 Å². The van der Waals surface area contributed by atoms with Gasteiger partial charge in [-0.2, -0.15) is 0 Å². The number of thiophene rings is 1. The molecule has 4 rings (SSSR count). The topological polar surface area (TPSA) is 65.1 Å². The number of hydrogen-bond donors (Lipinski definition) is 3. The number of phenols is 1. The third kappa shape index (κ3) is 2.69. The normalized spacial score (nSPS) is 12.7. The Morgan fingerprint density at radius 3 is 2.65 bits per heavy atom. The van der Waals surface area contributed by atoms with E-state index in [-0.39, 0.29) is 11.3 Å². The minimum Gasteiger partial charge on any atom is -0.507 e. The molecule has 4 nitrogen and oxygen atoms in total. The van der Waals surface area contributed by atoms with Gasteiger partial charge < -0.3 is 15.4 Å². The van der Waals surface area contributed by atoms with Gasteiger partial charge in [0.2, 0.25) is 0 Å². The summed E-state index contributed by atoms with van der Waals surface area (Å²) >= 11 is 1.42. The van der Waals surface area contributed by atoms with Crippen molar-refractivity contribution in [1.82, 2.24) is 10.3 Å². The summed E-state index contributed by atoms with van der Waals surface area (Å²) in [5.74, 6) is 0.628. The van der Waals surface area contributed by atoms with E-state index in [1.165, 1.54) is 16.9 Å². The molecule has 2 aromatic carbocycles. The maximum Gasteiger partial charge on any atom is 0.266 e. The standard InChI is InChI=1S/C21H20N2O2S/c1-12(11-22-2)13-3-5-14(6-4-13)18-17(24)8-7-16-19(18)15-9-10-26-20(15)21(25)23-16/h3-10,12,22,24H,11H2,1-2H3,(H,23,25)/t12-/m1/s1. The summed E-state index contributed by atoms with van der Waals surface area (Å²) in [6, 6.07) is 13.6. The zero-order chi connectivity index (χ0) is 18.3. The second-order valence-electron chi connectivity index (χ2n) is 6.58. The number of aromatic amines is 1. The van der Waals surface area contributed by atoms with Crippen molar-refractivity contribution in [2.75, 3.05) is 13.6 Å². The van der Waals surface area contributed by atoms with Gasteiger partial charge in [-0.3, -0.25) is 4.79 Å². The summed E-state index contributed by atoms with van der Waals surface area (Å²) in [6.07, 6.45) is 0. The first-order valence-electron chi connectivity index (χ1n) is 8.60. The van der Waals surface area contributed by atoms with Crippen molar-refractivity contribution in [3.05, 3.63) is 63.8 Å². The van der Waals surface area contributed by atoms with Crippen molar-refractivity contribution >= 4 is 32.3 Å². The third-order valence-corrected chi connectivity index (χ3v) is 5.76. The Morgan fingerprint density at radius 2 is 1.92 bits per heavy atom. The number of phenolic OH excluding ortho intramolecular Hbond substituents is 1. The Morgan fingerprint density at radius 1 is 1.15 bits per heavy atom. The lowest BCUT2D eigenvalue weighted by Gasteiger charge is -2.14. The smallest absolute Gasteiger partial charge is 0.266 e. The van der Waals surface area contributed by atoms with Crippen LogP contribution in [0.1, 0.15) is 18.4 Å². The van der Waals surface area contributed by atoms with Gasteiger partial charge in [-0.1, -0.05) is 31.2 Å². The second-order valence-corrected chi connectivity index (χ2v) is 7.50. The Kier molecular flexibility index (Phi) is 4.26. The predicted molar refractivity (Wildman–Crippen MR) is 109 cm³/mol. The molecule has 0 aliphatic heterocycles. The average Bonchev–Trinajstić information content (AvgIpc) is 3.13. The lowest BCUT2D eigenvalue weighted by Crippen LogP contribution is -2.14. The Labute approximate surface area is 155 Å². The number of nitrogens with one attached hydrogen (secondary N) is 2.